The van der Waals surface area contributed by atoms with Gasteiger partial charge in [0.25, 0.3) is 5.69 Å². The van der Waals surface area contributed by atoms with Crippen molar-refractivity contribution in [2.75, 3.05) is 18.5 Å². The van der Waals surface area contributed by atoms with Crippen LogP contribution in [-0.2, 0) is 0 Å². The summed E-state index contributed by atoms with van der Waals surface area (Å²) in [5.74, 6) is 0.333. The molecule has 0 fully saturated rings. The van der Waals surface area contributed by atoms with Gasteiger partial charge >= 0.3 is 0 Å². The third-order valence-electron chi connectivity index (χ3n) is 3.14. The standard InChI is InChI=1S/C14H19N3O3/c1-2-3-11(6-7-18)10-16-13-5-4-12(9-15)14(8-13)17(19)20/h4-5,8,11,16,18H,2-3,6-7,10H2,1H3. The van der Waals surface area contributed by atoms with Crippen LogP contribution in [0, 0.1) is 27.4 Å². The summed E-state index contributed by atoms with van der Waals surface area (Å²) in [6.45, 7) is 2.87. The van der Waals surface area contributed by atoms with Crippen molar-refractivity contribution >= 4 is 11.4 Å². The molecule has 0 aliphatic carbocycles. The van der Waals surface area contributed by atoms with Crippen molar-refractivity contribution in [1.29, 1.82) is 5.26 Å². The van der Waals surface area contributed by atoms with Gasteiger partial charge in [0.2, 0.25) is 0 Å². The number of rotatable bonds is 8. The highest BCUT2D eigenvalue weighted by atomic mass is 16.6. The van der Waals surface area contributed by atoms with Crippen LogP contribution in [-0.4, -0.2) is 23.2 Å². The van der Waals surface area contributed by atoms with Crippen molar-refractivity contribution in [3.63, 3.8) is 0 Å². The lowest BCUT2D eigenvalue weighted by atomic mass is 10.00. The van der Waals surface area contributed by atoms with Crippen molar-refractivity contribution in [2.45, 2.75) is 26.2 Å². The summed E-state index contributed by atoms with van der Waals surface area (Å²) in [5, 5.41) is 31.8. The van der Waals surface area contributed by atoms with Crippen LogP contribution in [0.4, 0.5) is 11.4 Å². The lowest BCUT2D eigenvalue weighted by Gasteiger charge is -2.16. The molecule has 0 spiro atoms. The number of benzene rings is 1. The normalized spacial score (nSPS) is 11.7. The van der Waals surface area contributed by atoms with E-state index in [1.165, 1.54) is 12.1 Å². The number of nitrogens with one attached hydrogen (secondary N) is 1. The van der Waals surface area contributed by atoms with Gasteiger partial charge < -0.3 is 10.4 Å². The second kappa shape index (κ2) is 8.12. The number of hydrogen-bond acceptors (Lipinski definition) is 5. The zero-order chi connectivity index (χ0) is 15.0. The summed E-state index contributed by atoms with van der Waals surface area (Å²) in [7, 11) is 0. The Labute approximate surface area is 118 Å². The van der Waals surface area contributed by atoms with Gasteiger partial charge in [-0.05, 0) is 30.9 Å². The number of aliphatic hydroxyl groups excluding tert-OH is 1. The number of nitriles is 1. The first-order valence-corrected chi connectivity index (χ1v) is 6.65. The minimum Gasteiger partial charge on any atom is -0.396 e. The van der Waals surface area contributed by atoms with Crippen LogP contribution in [0.3, 0.4) is 0 Å². The fourth-order valence-corrected chi connectivity index (χ4v) is 2.09. The van der Waals surface area contributed by atoms with Crippen LogP contribution in [0.2, 0.25) is 0 Å². The van der Waals surface area contributed by atoms with Crippen LogP contribution >= 0.6 is 0 Å². The smallest absolute Gasteiger partial charge is 0.289 e. The van der Waals surface area contributed by atoms with Crippen LogP contribution in [0.1, 0.15) is 31.7 Å². The van der Waals surface area contributed by atoms with Gasteiger partial charge in [-0.2, -0.15) is 5.26 Å². The average Bonchev–Trinajstić information content (AvgIpc) is 2.45. The Morgan fingerprint density at radius 2 is 2.25 bits per heavy atom. The molecule has 0 aliphatic rings. The molecule has 0 amide bonds. The van der Waals surface area contributed by atoms with Gasteiger partial charge in [-0.15, -0.1) is 0 Å². The van der Waals surface area contributed by atoms with Gasteiger partial charge in [-0.1, -0.05) is 13.3 Å². The number of aliphatic hydroxyl groups is 1. The lowest BCUT2D eigenvalue weighted by Crippen LogP contribution is -2.15. The van der Waals surface area contributed by atoms with E-state index in [2.05, 4.69) is 12.2 Å². The molecular weight excluding hydrogens is 258 g/mol. The summed E-state index contributed by atoms with van der Waals surface area (Å²) in [6.07, 6.45) is 2.73. The van der Waals surface area contributed by atoms with E-state index >= 15 is 0 Å². The maximum absolute atomic E-state index is 10.9. The molecule has 0 radical (unpaired) electrons. The first-order valence-electron chi connectivity index (χ1n) is 6.65. The first kappa shape index (κ1) is 15.9. The van der Waals surface area contributed by atoms with Gasteiger partial charge in [0.15, 0.2) is 0 Å². The lowest BCUT2D eigenvalue weighted by molar-refractivity contribution is -0.385. The van der Waals surface area contributed by atoms with Gasteiger partial charge in [0, 0.05) is 24.9 Å². The molecule has 2 N–H and O–H groups in total. The molecule has 6 heteroatoms. The number of nitrogens with zero attached hydrogens (tertiary/aromatic N) is 2. The molecule has 0 saturated heterocycles. The fourth-order valence-electron chi connectivity index (χ4n) is 2.09. The van der Waals surface area contributed by atoms with E-state index in [0.29, 0.717) is 24.6 Å². The van der Waals surface area contributed by atoms with E-state index in [4.69, 9.17) is 10.4 Å². The third kappa shape index (κ3) is 4.52. The molecule has 108 valence electrons. The van der Waals surface area contributed by atoms with Crippen LogP contribution in [0.25, 0.3) is 0 Å². The Kier molecular flexibility index (Phi) is 6.47. The summed E-state index contributed by atoms with van der Waals surface area (Å²) >= 11 is 0. The highest BCUT2D eigenvalue weighted by Gasteiger charge is 2.14. The van der Waals surface area contributed by atoms with Crippen molar-refractivity contribution in [3.05, 3.63) is 33.9 Å². The Hall–Kier alpha value is -2.13. The Bertz CT molecular complexity index is 491. The minimum absolute atomic E-state index is 0.0565. The van der Waals surface area contributed by atoms with Crippen LogP contribution in [0.5, 0.6) is 0 Å². The molecule has 0 aromatic heterocycles. The number of nitro groups is 1. The highest BCUT2D eigenvalue weighted by Crippen LogP contribution is 2.23. The van der Waals surface area contributed by atoms with Crippen molar-refractivity contribution in [3.8, 4) is 6.07 Å². The Morgan fingerprint density at radius 3 is 2.80 bits per heavy atom. The van der Waals surface area contributed by atoms with Crippen LogP contribution in [0.15, 0.2) is 18.2 Å². The fraction of sp³-hybridized carbons (Fsp3) is 0.500. The largest absolute Gasteiger partial charge is 0.396 e. The molecule has 0 saturated carbocycles. The van der Waals surface area contributed by atoms with E-state index in [0.717, 1.165) is 12.8 Å². The number of nitro benzene ring substituents is 1. The maximum atomic E-state index is 10.9. The van der Waals surface area contributed by atoms with Gasteiger partial charge in [0.1, 0.15) is 11.6 Å². The van der Waals surface area contributed by atoms with Crippen molar-refractivity contribution < 1.29 is 10.0 Å². The predicted octanol–water partition coefficient (Wildman–Crippen LogP) is 2.68. The van der Waals surface area contributed by atoms with Gasteiger partial charge in [-0.25, -0.2) is 0 Å². The summed E-state index contributed by atoms with van der Waals surface area (Å²) in [5.41, 5.74) is 0.488. The second-order valence-electron chi connectivity index (χ2n) is 4.65. The summed E-state index contributed by atoms with van der Waals surface area (Å²) < 4.78 is 0. The molecule has 1 atom stereocenters. The highest BCUT2D eigenvalue weighted by molar-refractivity contribution is 5.59. The van der Waals surface area contributed by atoms with Crippen molar-refractivity contribution in [2.24, 2.45) is 5.92 Å². The zero-order valence-electron chi connectivity index (χ0n) is 11.5. The Balaban J connectivity index is 2.75. The molecular formula is C14H19N3O3. The number of anilines is 1. The van der Waals surface area contributed by atoms with Crippen molar-refractivity contribution in [1.82, 2.24) is 0 Å². The van der Waals surface area contributed by atoms with E-state index < -0.39 is 4.92 Å². The zero-order valence-corrected chi connectivity index (χ0v) is 11.5. The first-order chi connectivity index (χ1) is 9.62. The van der Waals surface area contributed by atoms with E-state index in [1.54, 1.807) is 6.07 Å². The van der Waals surface area contributed by atoms with E-state index in [-0.39, 0.29) is 17.9 Å². The average molecular weight is 277 g/mol. The minimum atomic E-state index is -0.555. The second-order valence-corrected chi connectivity index (χ2v) is 4.65. The molecule has 1 aromatic carbocycles. The predicted molar refractivity (Wildman–Crippen MR) is 76.4 cm³/mol. The molecule has 1 unspecified atom stereocenters. The monoisotopic (exact) mass is 277 g/mol. The molecule has 1 aromatic rings. The molecule has 0 heterocycles. The summed E-state index contributed by atoms with van der Waals surface area (Å²) in [4.78, 5) is 10.3. The van der Waals surface area contributed by atoms with E-state index in [1.807, 2.05) is 6.07 Å². The Morgan fingerprint density at radius 1 is 1.50 bits per heavy atom. The molecule has 0 bridgehead atoms. The quantitative estimate of drug-likeness (QED) is 0.562. The molecule has 6 nitrogen and oxygen atoms in total. The summed E-state index contributed by atoms with van der Waals surface area (Å²) in [6, 6.07) is 6.29. The van der Waals surface area contributed by atoms with Gasteiger partial charge in [0.05, 0.1) is 4.92 Å². The molecule has 0 aliphatic heterocycles. The topological polar surface area (TPSA) is 99.2 Å². The van der Waals surface area contributed by atoms with Gasteiger partial charge in [-0.3, -0.25) is 10.1 Å². The SMILES string of the molecule is CCCC(CCO)CNc1ccc(C#N)c([N+](=O)[O-])c1. The molecule has 1 rings (SSSR count). The third-order valence-corrected chi connectivity index (χ3v) is 3.14. The number of hydrogen-bond donors (Lipinski definition) is 2. The van der Waals surface area contributed by atoms with Crippen LogP contribution < -0.4 is 5.32 Å². The maximum Gasteiger partial charge on any atom is 0.289 e. The van der Waals surface area contributed by atoms with E-state index in [9.17, 15) is 10.1 Å². The molecule has 20 heavy (non-hydrogen) atoms.